The number of hydrogen-bond donors (Lipinski definition) is 1. The Morgan fingerprint density at radius 3 is 2.65 bits per heavy atom. The van der Waals surface area contributed by atoms with Crippen molar-refractivity contribution in [2.24, 2.45) is 0 Å². The van der Waals surface area contributed by atoms with E-state index in [9.17, 15) is 13.2 Å². The molecule has 1 saturated heterocycles. The van der Waals surface area contributed by atoms with Crippen LogP contribution in [0, 0.1) is 6.92 Å². The molecule has 1 aliphatic heterocycles. The zero-order valence-corrected chi connectivity index (χ0v) is 20.9. The second-order valence-electron chi connectivity index (χ2n) is 9.73. The molecule has 3 heterocycles. The summed E-state index contributed by atoms with van der Waals surface area (Å²) in [5.41, 5.74) is 1.37. The molecule has 5 rings (SSSR count). The summed E-state index contributed by atoms with van der Waals surface area (Å²) in [5.74, 6) is 1.37. The van der Waals surface area contributed by atoms with Gasteiger partial charge in [0.2, 0.25) is 11.6 Å². The normalized spacial score (nSPS) is 20.9. The summed E-state index contributed by atoms with van der Waals surface area (Å²) in [5, 5.41) is 8.52. The van der Waals surface area contributed by atoms with Gasteiger partial charge in [-0.05, 0) is 38.0 Å². The van der Waals surface area contributed by atoms with Crippen molar-refractivity contribution in [3.05, 3.63) is 59.7 Å². The molecule has 0 bridgehead atoms. The van der Waals surface area contributed by atoms with Crippen LogP contribution in [0.3, 0.4) is 0 Å². The maximum atomic E-state index is 12.7. The molecule has 2 aliphatic rings. The minimum Gasteiger partial charge on any atom is -0.360 e. The molecule has 1 fully saturated rings. The van der Waals surface area contributed by atoms with E-state index in [1.807, 2.05) is 6.92 Å². The van der Waals surface area contributed by atoms with Gasteiger partial charge in [0.05, 0.1) is 45.4 Å². The highest BCUT2D eigenvalue weighted by Gasteiger charge is 2.39. The first kappa shape index (κ1) is 25.2. The minimum atomic E-state index is -4.72. The molecule has 2 aromatic heterocycles. The number of aryl methyl sites for hydroxylation is 1. The highest BCUT2D eigenvalue weighted by atomic mass is 19.4. The summed E-state index contributed by atoms with van der Waals surface area (Å²) in [4.78, 5) is 12.8. The Bertz CT molecular complexity index is 1320. The quantitative estimate of drug-likeness (QED) is 0.539. The molecule has 0 saturated carbocycles. The van der Waals surface area contributed by atoms with E-state index in [0.29, 0.717) is 23.8 Å². The summed E-state index contributed by atoms with van der Waals surface area (Å²) in [6.45, 7) is 8.06. The Hall–Kier alpha value is -3.51. The highest BCUT2D eigenvalue weighted by Crippen LogP contribution is 2.34. The number of aromatic nitrogens is 5. The molecule has 1 N–H and O–H groups in total. The van der Waals surface area contributed by atoms with Crippen LogP contribution in [-0.4, -0.2) is 70.1 Å². The van der Waals surface area contributed by atoms with Crippen LogP contribution in [0.25, 0.3) is 17.3 Å². The number of likely N-dealkylation sites (N-methyl/N-ethyl adjacent to an activating group) is 1. The fourth-order valence-electron chi connectivity index (χ4n) is 4.48. The van der Waals surface area contributed by atoms with Crippen LogP contribution in [0.4, 0.5) is 18.9 Å². The fourth-order valence-corrected chi connectivity index (χ4v) is 4.48. The third kappa shape index (κ3) is 5.91. The largest absolute Gasteiger partial charge is 0.523 e. The molecule has 0 spiro atoms. The summed E-state index contributed by atoms with van der Waals surface area (Å²) >= 11 is 0. The van der Waals surface area contributed by atoms with Gasteiger partial charge in [-0.15, -0.1) is 18.3 Å². The van der Waals surface area contributed by atoms with Crippen molar-refractivity contribution in [2.45, 2.75) is 38.8 Å². The lowest BCUT2D eigenvalue weighted by Crippen LogP contribution is -3.12. The summed E-state index contributed by atoms with van der Waals surface area (Å²) in [6, 6.07) is 8.44. The lowest BCUT2D eigenvalue weighted by atomic mass is 9.93. The number of quaternary nitrogens is 1. The Morgan fingerprint density at radius 2 is 1.95 bits per heavy atom. The number of hydrogen-bond acceptors (Lipinski definition) is 7. The molecule has 3 aromatic rings. The van der Waals surface area contributed by atoms with E-state index in [1.165, 1.54) is 24.8 Å². The molecule has 0 amide bonds. The first-order valence-corrected chi connectivity index (χ1v) is 12.1. The van der Waals surface area contributed by atoms with Crippen LogP contribution in [0.2, 0.25) is 0 Å². The number of rotatable bonds is 6. The molecule has 1 atom stereocenters. The zero-order chi connectivity index (χ0) is 26.2. The van der Waals surface area contributed by atoms with Gasteiger partial charge >= 0.3 is 6.36 Å². The van der Waals surface area contributed by atoms with E-state index in [0.717, 1.165) is 31.7 Å². The Kier molecular flexibility index (Phi) is 6.63. The standard InChI is InChI=1S/C25H28F3N7O2/c1-17-29-22(23-30-21(32-36-23)19-7-9-24(2,10-8-19)37-25(26,27)28)31-35(17)16-18-5-4-6-20(15-18)34-13-11-33(3)12-14-34/h4-9,15H,10-14,16H2,1-3H3/p+1. The molecular formula is C25H29F3N7O2+. The number of ether oxygens (including phenoxy) is 1. The number of allylic oxidation sites excluding steroid dienone is 2. The molecule has 1 aromatic carbocycles. The third-order valence-electron chi connectivity index (χ3n) is 6.65. The average molecular weight is 517 g/mol. The maximum Gasteiger partial charge on any atom is 0.523 e. The molecule has 12 heteroatoms. The van der Waals surface area contributed by atoms with Crippen molar-refractivity contribution in [3.8, 4) is 11.7 Å². The van der Waals surface area contributed by atoms with E-state index >= 15 is 0 Å². The van der Waals surface area contributed by atoms with Gasteiger partial charge in [-0.2, -0.15) is 4.98 Å². The molecule has 1 aliphatic carbocycles. The van der Waals surface area contributed by atoms with Crippen LogP contribution in [-0.2, 0) is 11.3 Å². The molecular weight excluding hydrogens is 487 g/mol. The Labute approximate surface area is 212 Å². The predicted octanol–water partition coefficient (Wildman–Crippen LogP) is 2.66. The van der Waals surface area contributed by atoms with Gasteiger partial charge in [0.1, 0.15) is 5.82 Å². The number of nitrogens with one attached hydrogen (secondary N) is 1. The van der Waals surface area contributed by atoms with E-state index in [1.54, 1.807) is 15.7 Å². The number of halogens is 3. The van der Waals surface area contributed by atoms with E-state index in [2.05, 4.69) is 61.2 Å². The van der Waals surface area contributed by atoms with Crippen LogP contribution in [0.1, 0.15) is 30.6 Å². The lowest BCUT2D eigenvalue weighted by molar-refractivity contribution is -0.880. The third-order valence-corrected chi connectivity index (χ3v) is 6.65. The minimum absolute atomic E-state index is 0.0164. The van der Waals surface area contributed by atoms with Gasteiger partial charge in [0.25, 0.3) is 5.89 Å². The monoisotopic (exact) mass is 516 g/mol. The van der Waals surface area contributed by atoms with Crippen LogP contribution in [0.15, 0.2) is 47.0 Å². The van der Waals surface area contributed by atoms with E-state index < -0.39 is 12.0 Å². The molecule has 9 nitrogen and oxygen atoms in total. The van der Waals surface area contributed by atoms with Crippen molar-refractivity contribution in [1.29, 1.82) is 0 Å². The number of nitrogens with zero attached hydrogens (tertiary/aromatic N) is 6. The SMILES string of the molecule is Cc1nc(-c2nc(C3=CCC(C)(OC(F)(F)F)C=C3)no2)nn1Cc1cccc(N2CC[NH+](C)CC2)c1. The van der Waals surface area contributed by atoms with Crippen LogP contribution < -0.4 is 9.80 Å². The highest BCUT2D eigenvalue weighted by molar-refractivity contribution is 5.71. The summed E-state index contributed by atoms with van der Waals surface area (Å²) in [7, 11) is 2.22. The second-order valence-corrected chi connectivity index (χ2v) is 9.73. The van der Waals surface area contributed by atoms with Gasteiger partial charge < -0.3 is 14.3 Å². The maximum absolute atomic E-state index is 12.7. The molecule has 196 valence electrons. The Morgan fingerprint density at radius 1 is 1.16 bits per heavy atom. The van der Waals surface area contributed by atoms with Crippen molar-refractivity contribution in [2.75, 3.05) is 38.1 Å². The second kappa shape index (κ2) is 9.75. The van der Waals surface area contributed by atoms with Gasteiger partial charge in [-0.3, -0.25) is 4.74 Å². The zero-order valence-electron chi connectivity index (χ0n) is 20.9. The van der Waals surface area contributed by atoms with Crippen LogP contribution in [0.5, 0.6) is 0 Å². The smallest absolute Gasteiger partial charge is 0.360 e. The number of benzene rings is 1. The number of anilines is 1. The number of alkyl halides is 3. The van der Waals surface area contributed by atoms with E-state index in [-0.39, 0.29) is 18.1 Å². The topological polar surface area (TPSA) is 86.5 Å². The summed E-state index contributed by atoms with van der Waals surface area (Å²) < 4.78 is 49.3. The fraction of sp³-hybridized carbons (Fsp3) is 0.440. The van der Waals surface area contributed by atoms with Crippen molar-refractivity contribution >= 4 is 11.3 Å². The van der Waals surface area contributed by atoms with Crippen molar-refractivity contribution in [1.82, 2.24) is 24.9 Å². The van der Waals surface area contributed by atoms with Crippen molar-refractivity contribution in [3.63, 3.8) is 0 Å². The van der Waals surface area contributed by atoms with Gasteiger partial charge in [-0.25, -0.2) is 9.67 Å². The van der Waals surface area contributed by atoms with Gasteiger partial charge in [0.15, 0.2) is 0 Å². The average Bonchev–Trinajstić information content (AvgIpc) is 3.46. The molecule has 37 heavy (non-hydrogen) atoms. The Balaban J connectivity index is 1.28. The predicted molar refractivity (Wildman–Crippen MR) is 130 cm³/mol. The van der Waals surface area contributed by atoms with Gasteiger partial charge in [-0.1, -0.05) is 35.5 Å². The van der Waals surface area contributed by atoms with E-state index in [4.69, 9.17) is 4.52 Å². The lowest BCUT2D eigenvalue weighted by Gasteiger charge is -2.32. The first-order chi connectivity index (χ1) is 17.6. The molecule has 1 unspecified atom stereocenters. The first-order valence-electron chi connectivity index (χ1n) is 12.1. The molecule has 0 radical (unpaired) electrons. The van der Waals surface area contributed by atoms with Gasteiger partial charge in [0, 0.05) is 11.3 Å². The van der Waals surface area contributed by atoms with Crippen LogP contribution >= 0.6 is 0 Å². The summed E-state index contributed by atoms with van der Waals surface area (Å²) in [6.07, 6.45) is -0.274. The number of piperazine rings is 1. The van der Waals surface area contributed by atoms with Crippen molar-refractivity contribution < 1.29 is 27.3 Å².